The molecule has 0 bridgehead atoms. The van der Waals surface area contributed by atoms with Gasteiger partial charge in [-0.15, -0.1) is 6.58 Å². The van der Waals surface area contributed by atoms with Crippen molar-refractivity contribution in [3.8, 4) is 0 Å². The van der Waals surface area contributed by atoms with Gasteiger partial charge in [0.15, 0.2) is 0 Å². The number of rotatable bonds is 3. The van der Waals surface area contributed by atoms with E-state index in [1.54, 1.807) is 24.3 Å². The van der Waals surface area contributed by atoms with Crippen LogP contribution in [0.4, 0.5) is 0 Å². The number of hydrogen-bond donors (Lipinski definition) is 2. The van der Waals surface area contributed by atoms with Crippen molar-refractivity contribution in [3.63, 3.8) is 0 Å². The first-order valence-corrected chi connectivity index (χ1v) is 5.42. The van der Waals surface area contributed by atoms with E-state index in [0.29, 0.717) is 12.0 Å². The molecule has 0 aliphatic rings. The fraction of sp³-hybridized carbons (Fsp3) is 0.111. The van der Waals surface area contributed by atoms with Gasteiger partial charge in [-0.05, 0) is 18.1 Å². The summed E-state index contributed by atoms with van der Waals surface area (Å²) < 4.78 is 11.0. The third-order valence-electron chi connectivity index (χ3n) is 1.67. The monoisotopic (exact) mass is 198 g/mol. The molecule has 0 aliphatic heterocycles. The molecular weight excluding hydrogens is 187 g/mol. The Bertz CT molecular complexity index is 354. The molecular formula is C9H11O3P. The van der Waals surface area contributed by atoms with Crippen LogP contribution in [0, 0.1) is 0 Å². The Balaban J connectivity index is 3.19. The highest BCUT2D eigenvalue weighted by atomic mass is 31.2. The topological polar surface area (TPSA) is 57.5 Å². The normalized spacial score (nSPS) is 11.2. The first-order valence-electron chi connectivity index (χ1n) is 3.80. The lowest BCUT2D eigenvalue weighted by atomic mass is 10.1. The minimum Gasteiger partial charge on any atom is -0.321 e. The Morgan fingerprint density at radius 2 is 2.00 bits per heavy atom. The fourth-order valence-corrected chi connectivity index (χ4v) is 1.94. The van der Waals surface area contributed by atoms with E-state index in [2.05, 4.69) is 6.58 Å². The van der Waals surface area contributed by atoms with Gasteiger partial charge in [-0.2, -0.15) is 0 Å². The lowest BCUT2D eigenvalue weighted by molar-refractivity contribution is 0.387. The predicted octanol–water partition coefficient (Wildman–Crippen LogP) is 1.22. The molecule has 4 heteroatoms. The van der Waals surface area contributed by atoms with Gasteiger partial charge in [0, 0.05) is 0 Å². The maximum Gasteiger partial charge on any atom is 0.356 e. The van der Waals surface area contributed by atoms with Gasteiger partial charge in [0.1, 0.15) is 0 Å². The van der Waals surface area contributed by atoms with E-state index >= 15 is 0 Å². The molecule has 0 unspecified atom stereocenters. The van der Waals surface area contributed by atoms with Crippen molar-refractivity contribution in [2.75, 3.05) is 0 Å². The van der Waals surface area contributed by atoms with Crippen molar-refractivity contribution in [2.45, 2.75) is 6.42 Å². The minimum absolute atomic E-state index is 0.0925. The third-order valence-corrected chi connectivity index (χ3v) is 2.73. The van der Waals surface area contributed by atoms with Crippen molar-refractivity contribution >= 4 is 12.9 Å². The molecule has 0 aliphatic carbocycles. The first kappa shape index (κ1) is 10.2. The Morgan fingerprint density at radius 3 is 2.54 bits per heavy atom. The van der Waals surface area contributed by atoms with Crippen LogP contribution in [0.15, 0.2) is 36.9 Å². The van der Waals surface area contributed by atoms with Gasteiger partial charge in [0.2, 0.25) is 0 Å². The second-order valence-electron chi connectivity index (χ2n) is 2.67. The van der Waals surface area contributed by atoms with Crippen LogP contribution >= 0.6 is 7.60 Å². The van der Waals surface area contributed by atoms with Crippen LogP contribution in [0.1, 0.15) is 5.56 Å². The van der Waals surface area contributed by atoms with Crippen molar-refractivity contribution in [3.05, 3.63) is 42.5 Å². The van der Waals surface area contributed by atoms with Gasteiger partial charge in [-0.1, -0.05) is 24.3 Å². The molecule has 2 N–H and O–H groups in total. The second-order valence-corrected chi connectivity index (χ2v) is 4.24. The molecule has 0 spiro atoms. The molecule has 0 radical (unpaired) electrons. The number of allylic oxidation sites excluding steroid dienone is 1. The summed E-state index contributed by atoms with van der Waals surface area (Å²) in [4.78, 5) is 17.9. The molecule has 3 nitrogen and oxygen atoms in total. The second kappa shape index (κ2) is 3.88. The summed E-state index contributed by atoms with van der Waals surface area (Å²) in [6, 6.07) is 6.49. The largest absolute Gasteiger partial charge is 0.356 e. The number of hydrogen-bond acceptors (Lipinski definition) is 1. The van der Waals surface area contributed by atoms with Gasteiger partial charge in [0.25, 0.3) is 0 Å². The van der Waals surface area contributed by atoms with Gasteiger partial charge >= 0.3 is 7.60 Å². The molecule has 0 fully saturated rings. The van der Waals surface area contributed by atoms with E-state index in [-0.39, 0.29) is 5.30 Å². The lowest BCUT2D eigenvalue weighted by Gasteiger charge is -2.08. The molecule has 0 heterocycles. The average Bonchev–Trinajstić information content (AvgIpc) is 2.04. The maximum atomic E-state index is 11.0. The van der Waals surface area contributed by atoms with E-state index in [1.807, 2.05) is 0 Å². The molecule has 0 saturated heterocycles. The highest BCUT2D eigenvalue weighted by Crippen LogP contribution is 2.34. The average molecular weight is 198 g/mol. The van der Waals surface area contributed by atoms with Gasteiger partial charge in [-0.25, -0.2) is 0 Å². The summed E-state index contributed by atoms with van der Waals surface area (Å²) in [6.07, 6.45) is 2.09. The zero-order chi connectivity index (χ0) is 9.90. The summed E-state index contributed by atoms with van der Waals surface area (Å²) in [7, 11) is -4.13. The van der Waals surface area contributed by atoms with Crippen LogP contribution in [0.25, 0.3) is 0 Å². The van der Waals surface area contributed by atoms with Crippen LogP contribution in [0.2, 0.25) is 0 Å². The molecule has 0 atom stereocenters. The van der Waals surface area contributed by atoms with Gasteiger partial charge < -0.3 is 9.79 Å². The lowest BCUT2D eigenvalue weighted by Crippen LogP contribution is -2.09. The number of benzene rings is 1. The smallest absolute Gasteiger partial charge is 0.321 e. The van der Waals surface area contributed by atoms with E-state index < -0.39 is 7.60 Å². The van der Waals surface area contributed by atoms with Crippen LogP contribution in [0.5, 0.6) is 0 Å². The van der Waals surface area contributed by atoms with Crippen molar-refractivity contribution in [2.24, 2.45) is 0 Å². The molecule has 0 saturated carbocycles. The molecule has 1 aromatic carbocycles. The van der Waals surface area contributed by atoms with E-state index in [4.69, 9.17) is 9.79 Å². The highest BCUT2D eigenvalue weighted by molar-refractivity contribution is 7.60. The Labute approximate surface area is 76.9 Å². The maximum absolute atomic E-state index is 11.0. The Kier molecular flexibility index (Phi) is 3.04. The van der Waals surface area contributed by atoms with Crippen LogP contribution in [0.3, 0.4) is 0 Å². The van der Waals surface area contributed by atoms with Crippen molar-refractivity contribution < 1.29 is 14.4 Å². The summed E-state index contributed by atoms with van der Waals surface area (Å²) in [5.74, 6) is 0. The van der Waals surface area contributed by atoms with Gasteiger partial charge in [0.05, 0.1) is 5.30 Å². The summed E-state index contributed by atoms with van der Waals surface area (Å²) in [5, 5.41) is 0.0925. The summed E-state index contributed by atoms with van der Waals surface area (Å²) in [5.41, 5.74) is 0.630. The molecule has 0 amide bonds. The Hall–Kier alpha value is -0.890. The quantitative estimate of drug-likeness (QED) is 0.567. The van der Waals surface area contributed by atoms with Crippen LogP contribution in [-0.4, -0.2) is 9.79 Å². The van der Waals surface area contributed by atoms with E-state index in [9.17, 15) is 4.57 Å². The zero-order valence-electron chi connectivity index (χ0n) is 7.05. The standard InChI is InChI=1S/C9H11O3P/c1-2-5-8-6-3-4-7-9(8)13(10,11)12/h2-4,6-7H,1,5H2,(H2,10,11,12). The van der Waals surface area contributed by atoms with E-state index in [0.717, 1.165) is 0 Å². The fourth-order valence-electron chi connectivity index (χ4n) is 1.12. The molecule has 13 heavy (non-hydrogen) atoms. The van der Waals surface area contributed by atoms with Crippen molar-refractivity contribution in [1.82, 2.24) is 0 Å². The first-order chi connectivity index (χ1) is 6.05. The minimum atomic E-state index is -4.13. The third kappa shape index (κ3) is 2.52. The molecule has 1 aromatic rings. The molecule has 0 aromatic heterocycles. The SMILES string of the molecule is C=CCc1ccccc1P(=O)(O)O. The van der Waals surface area contributed by atoms with Crippen LogP contribution < -0.4 is 5.30 Å². The summed E-state index contributed by atoms with van der Waals surface area (Å²) in [6.45, 7) is 3.53. The predicted molar refractivity (Wildman–Crippen MR) is 52.0 cm³/mol. The molecule has 1 rings (SSSR count). The van der Waals surface area contributed by atoms with E-state index in [1.165, 1.54) is 6.07 Å². The zero-order valence-corrected chi connectivity index (χ0v) is 7.95. The Morgan fingerprint density at radius 1 is 1.38 bits per heavy atom. The molecule has 70 valence electrons. The van der Waals surface area contributed by atoms with Gasteiger partial charge in [-0.3, -0.25) is 4.57 Å². The van der Waals surface area contributed by atoms with Crippen LogP contribution in [-0.2, 0) is 11.0 Å². The summed E-state index contributed by atoms with van der Waals surface area (Å²) >= 11 is 0. The van der Waals surface area contributed by atoms with Crippen molar-refractivity contribution in [1.29, 1.82) is 0 Å². The highest BCUT2D eigenvalue weighted by Gasteiger charge is 2.19.